The van der Waals surface area contributed by atoms with Gasteiger partial charge in [-0.05, 0) is 29.7 Å². The van der Waals surface area contributed by atoms with E-state index < -0.39 is 10.0 Å². The van der Waals surface area contributed by atoms with E-state index in [-0.39, 0.29) is 5.75 Å². The zero-order chi connectivity index (χ0) is 14.6. The van der Waals surface area contributed by atoms with E-state index in [1.54, 1.807) is 30.3 Å². The predicted molar refractivity (Wildman–Crippen MR) is 83.5 cm³/mol. The van der Waals surface area contributed by atoms with Gasteiger partial charge in [0.2, 0.25) is 10.0 Å². The Kier molecular flexibility index (Phi) is 4.68. The molecule has 0 aromatic heterocycles. The number of hydrogen-bond acceptors (Lipinski definition) is 2. The van der Waals surface area contributed by atoms with Crippen molar-refractivity contribution < 1.29 is 8.42 Å². The molecule has 0 unspecified atom stereocenters. The van der Waals surface area contributed by atoms with Crippen LogP contribution in [-0.2, 0) is 22.2 Å². The molecule has 20 heavy (non-hydrogen) atoms. The second-order valence-corrected chi connectivity index (χ2v) is 6.59. The molecule has 2 aromatic carbocycles. The van der Waals surface area contributed by atoms with Crippen LogP contribution in [0.15, 0.2) is 48.5 Å². The minimum absolute atomic E-state index is 0.134. The molecule has 106 valence electrons. The number of rotatable bonds is 5. The van der Waals surface area contributed by atoms with Gasteiger partial charge in [-0.25, -0.2) is 8.42 Å². The summed E-state index contributed by atoms with van der Waals surface area (Å²) in [5.41, 5.74) is 2.19. The average molecular weight is 310 g/mol. The van der Waals surface area contributed by atoms with Crippen molar-refractivity contribution in [2.45, 2.75) is 19.1 Å². The molecule has 0 amide bonds. The first-order chi connectivity index (χ1) is 9.52. The lowest BCUT2D eigenvalue weighted by atomic mass is 10.1. The van der Waals surface area contributed by atoms with Crippen molar-refractivity contribution in [2.24, 2.45) is 0 Å². The van der Waals surface area contributed by atoms with Gasteiger partial charge in [0.25, 0.3) is 0 Å². The summed E-state index contributed by atoms with van der Waals surface area (Å²) in [5.74, 6) is -0.134. The van der Waals surface area contributed by atoms with Gasteiger partial charge < -0.3 is 0 Å². The molecule has 0 aliphatic rings. The molecule has 0 saturated heterocycles. The van der Waals surface area contributed by atoms with Crippen LogP contribution in [0.3, 0.4) is 0 Å². The summed E-state index contributed by atoms with van der Waals surface area (Å²) in [6.07, 6.45) is 0.769. The van der Waals surface area contributed by atoms with Crippen molar-refractivity contribution in [1.29, 1.82) is 0 Å². The van der Waals surface area contributed by atoms with E-state index in [2.05, 4.69) is 4.72 Å². The minimum Gasteiger partial charge on any atom is -0.283 e. The van der Waals surface area contributed by atoms with Gasteiger partial charge in [-0.15, -0.1) is 0 Å². The molecule has 0 atom stereocenters. The number of aryl methyl sites for hydroxylation is 1. The van der Waals surface area contributed by atoms with Gasteiger partial charge >= 0.3 is 0 Å². The number of halogens is 1. The fraction of sp³-hybridized carbons (Fsp3) is 0.200. The van der Waals surface area contributed by atoms with E-state index in [4.69, 9.17) is 11.6 Å². The number of para-hydroxylation sites is 1. The molecule has 0 radical (unpaired) electrons. The molecular formula is C15H16ClNO2S. The van der Waals surface area contributed by atoms with Gasteiger partial charge in [-0.2, -0.15) is 0 Å². The van der Waals surface area contributed by atoms with Crippen LogP contribution < -0.4 is 4.72 Å². The van der Waals surface area contributed by atoms with Gasteiger partial charge in [0.1, 0.15) is 0 Å². The summed E-state index contributed by atoms with van der Waals surface area (Å²) in [7, 11) is -3.48. The largest absolute Gasteiger partial charge is 0.283 e. The number of sulfonamides is 1. The summed E-state index contributed by atoms with van der Waals surface area (Å²) in [6.45, 7) is 1.99. The Morgan fingerprint density at radius 3 is 2.25 bits per heavy atom. The van der Waals surface area contributed by atoms with Crippen LogP contribution in [0.25, 0.3) is 0 Å². The lowest BCUT2D eigenvalue weighted by molar-refractivity contribution is 0.600. The second kappa shape index (κ2) is 6.29. The highest BCUT2D eigenvalue weighted by Crippen LogP contribution is 2.21. The number of anilines is 1. The fourth-order valence-corrected chi connectivity index (χ4v) is 3.50. The Bertz CT molecular complexity index is 699. The Morgan fingerprint density at radius 1 is 1.00 bits per heavy atom. The summed E-state index contributed by atoms with van der Waals surface area (Å²) in [4.78, 5) is 0. The van der Waals surface area contributed by atoms with E-state index in [1.165, 1.54) is 0 Å². The molecule has 5 heteroatoms. The molecule has 0 aliphatic carbocycles. The third-order valence-electron chi connectivity index (χ3n) is 2.97. The number of benzene rings is 2. The summed E-state index contributed by atoms with van der Waals surface area (Å²) in [5, 5.41) is 0.460. The van der Waals surface area contributed by atoms with Crippen molar-refractivity contribution >= 4 is 27.3 Å². The minimum atomic E-state index is -3.48. The Balaban J connectivity index is 2.22. The van der Waals surface area contributed by atoms with Crippen molar-refractivity contribution in [1.82, 2.24) is 0 Å². The average Bonchev–Trinajstić information content (AvgIpc) is 2.41. The van der Waals surface area contributed by atoms with Crippen LogP contribution in [0.2, 0.25) is 5.02 Å². The summed E-state index contributed by atoms with van der Waals surface area (Å²) >= 11 is 6.00. The van der Waals surface area contributed by atoms with Crippen molar-refractivity contribution in [3.8, 4) is 0 Å². The third kappa shape index (κ3) is 3.74. The van der Waals surface area contributed by atoms with E-state index >= 15 is 0 Å². The van der Waals surface area contributed by atoms with E-state index in [0.29, 0.717) is 16.3 Å². The molecule has 1 N–H and O–H groups in total. The van der Waals surface area contributed by atoms with Gasteiger partial charge in [-0.1, -0.05) is 54.9 Å². The number of hydrogen-bond donors (Lipinski definition) is 1. The Labute approximate surface area is 124 Å². The first kappa shape index (κ1) is 14.9. The Hall–Kier alpha value is -1.52. The SMILES string of the molecule is CCc1ccccc1NS(=O)(=O)Cc1ccccc1Cl. The normalized spacial score (nSPS) is 11.3. The fourth-order valence-electron chi connectivity index (χ4n) is 1.95. The smallest absolute Gasteiger partial charge is 0.236 e. The standard InChI is InChI=1S/C15H16ClNO2S/c1-2-12-7-4-6-10-15(12)17-20(18,19)11-13-8-3-5-9-14(13)16/h3-10,17H,2,11H2,1H3. The van der Waals surface area contributed by atoms with Crippen LogP contribution in [0.1, 0.15) is 18.1 Å². The van der Waals surface area contributed by atoms with Crippen molar-refractivity contribution in [3.05, 3.63) is 64.7 Å². The van der Waals surface area contributed by atoms with Gasteiger partial charge in [0.15, 0.2) is 0 Å². The maximum atomic E-state index is 12.2. The maximum absolute atomic E-state index is 12.2. The van der Waals surface area contributed by atoms with E-state index in [0.717, 1.165) is 12.0 Å². The van der Waals surface area contributed by atoms with Crippen LogP contribution in [0.4, 0.5) is 5.69 Å². The van der Waals surface area contributed by atoms with Gasteiger partial charge in [0, 0.05) is 5.02 Å². The molecule has 2 aromatic rings. The molecule has 0 fully saturated rings. The first-order valence-electron chi connectivity index (χ1n) is 6.33. The van der Waals surface area contributed by atoms with E-state index in [1.807, 2.05) is 25.1 Å². The van der Waals surface area contributed by atoms with Crippen LogP contribution >= 0.6 is 11.6 Å². The van der Waals surface area contributed by atoms with E-state index in [9.17, 15) is 8.42 Å². The molecule has 2 rings (SSSR count). The highest BCUT2D eigenvalue weighted by Gasteiger charge is 2.15. The monoisotopic (exact) mass is 309 g/mol. The van der Waals surface area contributed by atoms with Crippen molar-refractivity contribution in [3.63, 3.8) is 0 Å². The topological polar surface area (TPSA) is 46.2 Å². The van der Waals surface area contributed by atoms with Gasteiger partial charge in [-0.3, -0.25) is 4.72 Å². The maximum Gasteiger partial charge on any atom is 0.236 e. The quantitative estimate of drug-likeness (QED) is 0.912. The zero-order valence-electron chi connectivity index (χ0n) is 11.1. The Morgan fingerprint density at radius 2 is 1.60 bits per heavy atom. The third-order valence-corrected chi connectivity index (χ3v) is 4.56. The highest BCUT2D eigenvalue weighted by atomic mass is 35.5. The second-order valence-electron chi connectivity index (χ2n) is 4.46. The van der Waals surface area contributed by atoms with Crippen molar-refractivity contribution in [2.75, 3.05) is 4.72 Å². The van der Waals surface area contributed by atoms with Gasteiger partial charge in [0.05, 0.1) is 11.4 Å². The molecule has 0 saturated carbocycles. The van der Waals surface area contributed by atoms with Crippen LogP contribution in [-0.4, -0.2) is 8.42 Å². The lowest BCUT2D eigenvalue weighted by Crippen LogP contribution is -2.16. The lowest BCUT2D eigenvalue weighted by Gasteiger charge is -2.12. The molecular weight excluding hydrogens is 294 g/mol. The number of nitrogens with one attached hydrogen (secondary N) is 1. The predicted octanol–water partition coefficient (Wildman–Crippen LogP) is 3.84. The molecule has 0 bridgehead atoms. The molecule has 3 nitrogen and oxygen atoms in total. The zero-order valence-corrected chi connectivity index (χ0v) is 12.7. The summed E-state index contributed by atoms with van der Waals surface area (Å²) < 4.78 is 27.1. The first-order valence-corrected chi connectivity index (χ1v) is 8.36. The highest BCUT2D eigenvalue weighted by molar-refractivity contribution is 7.91. The van der Waals surface area contributed by atoms with Crippen LogP contribution in [0.5, 0.6) is 0 Å². The van der Waals surface area contributed by atoms with Crippen LogP contribution in [0, 0.1) is 0 Å². The molecule has 0 spiro atoms. The molecule has 0 aliphatic heterocycles. The molecule has 0 heterocycles. The summed E-state index contributed by atoms with van der Waals surface area (Å²) in [6, 6.07) is 14.3.